The molecular formula is C18H14FNO4. The summed E-state index contributed by atoms with van der Waals surface area (Å²) in [5, 5.41) is 2.66. The van der Waals surface area contributed by atoms with E-state index in [4.69, 9.17) is 4.74 Å². The van der Waals surface area contributed by atoms with Crippen molar-refractivity contribution in [3.8, 4) is 0 Å². The van der Waals surface area contributed by atoms with Crippen molar-refractivity contribution in [1.29, 1.82) is 0 Å². The number of rotatable bonds is 3. The van der Waals surface area contributed by atoms with Crippen molar-refractivity contribution < 1.29 is 23.5 Å². The molecule has 5 nitrogen and oxygen atoms in total. The number of benzene rings is 2. The first-order chi connectivity index (χ1) is 11.5. The minimum absolute atomic E-state index is 0.134. The van der Waals surface area contributed by atoms with Gasteiger partial charge in [0.05, 0.1) is 18.4 Å². The summed E-state index contributed by atoms with van der Waals surface area (Å²) < 4.78 is 17.7. The molecule has 1 aliphatic rings. The molecule has 0 fully saturated rings. The Morgan fingerprint density at radius 2 is 1.79 bits per heavy atom. The summed E-state index contributed by atoms with van der Waals surface area (Å²) in [5.41, 5.74) is 1.87. The highest BCUT2D eigenvalue weighted by Crippen LogP contribution is 2.32. The maximum atomic E-state index is 12.9. The van der Waals surface area contributed by atoms with Gasteiger partial charge in [-0.25, -0.2) is 9.18 Å². The number of Topliss-reactive ketones (excluding diaryl/α,β-unsaturated/α-hetero) is 1. The molecule has 3 rings (SSSR count). The SMILES string of the molecule is COC(=O)c1ccc(NC(=O)c2ccc(F)cc2)c2c1CCC2=O. The molecule has 0 atom stereocenters. The van der Waals surface area contributed by atoms with E-state index in [-0.39, 0.29) is 17.8 Å². The minimum Gasteiger partial charge on any atom is -0.465 e. The average molecular weight is 327 g/mol. The van der Waals surface area contributed by atoms with Gasteiger partial charge >= 0.3 is 5.97 Å². The summed E-state index contributed by atoms with van der Waals surface area (Å²) >= 11 is 0. The summed E-state index contributed by atoms with van der Waals surface area (Å²) in [6.07, 6.45) is 0.710. The Labute approximate surface area is 137 Å². The summed E-state index contributed by atoms with van der Waals surface area (Å²) in [6.45, 7) is 0. The molecular weight excluding hydrogens is 313 g/mol. The number of amides is 1. The van der Waals surface area contributed by atoms with Crippen molar-refractivity contribution in [2.75, 3.05) is 12.4 Å². The fraction of sp³-hybridized carbons (Fsp3) is 0.167. The van der Waals surface area contributed by atoms with Gasteiger partial charge in [0.25, 0.3) is 5.91 Å². The van der Waals surface area contributed by atoms with E-state index in [1.807, 2.05) is 0 Å². The van der Waals surface area contributed by atoms with Gasteiger partial charge in [-0.1, -0.05) is 0 Å². The van der Waals surface area contributed by atoms with Gasteiger partial charge in [0.15, 0.2) is 5.78 Å². The molecule has 2 aromatic rings. The van der Waals surface area contributed by atoms with Crippen LogP contribution in [0.3, 0.4) is 0 Å². The first kappa shape index (κ1) is 15.9. The first-order valence-corrected chi connectivity index (χ1v) is 7.35. The lowest BCUT2D eigenvalue weighted by atomic mass is 10.0. The molecule has 24 heavy (non-hydrogen) atoms. The topological polar surface area (TPSA) is 72.5 Å². The predicted molar refractivity (Wildman–Crippen MR) is 84.8 cm³/mol. The van der Waals surface area contributed by atoms with Crippen LogP contribution in [0.15, 0.2) is 36.4 Å². The Kier molecular flexibility index (Phi) is 4.12. The number of methoxy groups -OCH3 is 1. The second-order valence-electron chi connectivity index (χ2n) is 5.39. The van der Waals surface area contributed by atoms with Crippen molar-refractivity contribution in [2.24, 2.45) is 0 Å². The smallest absolute Gasteiger partial charge is 0.338 e. The third-order valence-electron chi connectivity index (χ3n) is 3.95. The molecule has 2 aromatic carbocycles. The number of fused-ring (bicyclic) bond motifs is 1. The van der Waals surface area contributed by atoms with Crippen LogP contribution >= 0.6 is 0 Å². The Balaban J connectivity index is 1.96. The number of carbonyl (C=O) groups is 3. The number of ketones is 1. The number of hydrogen-bond acceptors (Lipinski definition) is 4. The maximum Gasteiger partial charge on any atom is 0.338 e. The van der Waals surface area contributed by atoms with Gasteiger partial charge in [-0.15, -0.1) is 0 Å². The number of anilines is 1. The zero-order valence-corrected chi connectivity index (χ0v) is 12.9. The largest absolute Gasteiger partial charge is 0.465 e. The van der Waals surface area contributed by atoms with Gasteiger partial charge in [-0.3, -0.25) is 9.59 Å². The van der Waals surface area contributed by atoms with Crippen LogP contribution in [-0.4, -0.2) is 24.8 Å². The van der Waals surface area contributed by atoms with E-state index in [0.717, 1.165) is 0 Å². The molecule has 0 spiro atoms. The van der Waals surface area contributed by atoms with Gasteiger partial charge in [0.1, 0.15) is 5.82 Å². The van der Waals surface area contributed by atoms with E-state index in [1.165, 1.54) is 43.5 Å². The normalized spacial score (nSPS) is 12.7. The van der Waals surface area contributed by atoms with Crippen LogP contribution in [0.25, 0.3) is 0 Å². The molecule has 0 aliphatic heterocycles. The maximum absolute atomic E-state index is 12.9. The molecule has 0 saturated carbocycles. The van der Waals surface area contributed by atoms with Crippen LogP contribution in [0.5, 0.6) is 0 Å². The van der Waals surface area contributed by atoms with Crippen molar-refractivity contribution in [3.05, 3.63) is 64.5 Å². The van der Waals surface area contributed by atoms with Crippen molar-refractivity contribution in [2.45, 2.75) is 12.8 Å². The molecule has 0 aromatic heterocycles. The van der Waals surface area contributed by atoms with Gasteiger partial charge in [0.2, 0.25) is 0 Å². The average Bonchev–Trinajstić information content (AvgIpc) is 2.97. The zero-order chi connectivity index (χ0) is 17.3. The van der Waals surface area contributed by atoms with E-state index in [1.54, 1.807) is 0 Å². The monoisotopic (exact) mass is 327 g/mol. The molecule has 0 unspecified atom stereocenters. The van der Waals surface area contributed by atoms with Crippen LogP contribution in [-0.2, 0) is 11.2 Å². The van der Waals surface area contributed by atoms with Crippen LogP contribution in [0.1, 0.15) is 43.1 Å². The fourth-order valence-corrected chi connectivity index (χ4v) is 2.79. The lowest BCUT2D eigenvalue weighted by molar-refractivity contribution is 0.0599. The molecule has 0 radical (unpaired) electrons. The van der Waals surface area contributed by atoms with Crippen LogP contribution in [0.4, 0.5) is 10.1 Å². The number of esters is 1. The summed E-state index contributed by atoms with van der Waals surface area (Å²) in [4.78, 5) is 36.2. The van der Waals surface area contributed by atoms with Gasteiger partial charge < -0.3 is 10.1 Å². The lowest BCUT2D eigenvalue weighted by Gasteiger charge is -2.12. The van der Waals surface area contributed by atoms with E-state index >= 15 is 0 Å². The summed E-state index contributed by atoms with van der Waals surface area (Å²) in [7, 11) is 1.27. The fourth-order valence-electron chi connectivity index (χ4n) is 2.79. The Bertz CT molecular complexity index is 843. The van der Waals surface area contributed by atoms with Gasteiger partial charge in [0, 0.05) is 17.5 Å². The van der Waals surface area contributed by atoms with Crippen LogP contribution in [0, 0.1) is 5.82 Å². The van der Waals surface area contributed by atoms with E-state index in [2.05, 4.69) is 5.32 Å². The minimum atomic E-state index is -0.516. The molecule has 0 saturated heterocycles. The highest BCUT2D eigenvalue weighted by Gasteiger charge is 2.29. The standard InChI is InChI=1S/C18H14FNO4/c1-24-18(23)13-6-8-14(16-12(13)7-9-15(16)21)20-17(22)10-2-4-11(19)5-3-10/h2-6,8H,7,9H2,1H3,(H,20,22). The van der Waals surface area contributed by atoms with Gasteiger partial charge in [-0.2, -0.15) is 0 Å². The van der Waals surface area contributed by atoms with Gasteiger partial charge in [-0.05, 0) is 48.4 Å². The molecule has 1 amide bonds. The highest BCUT2D eigenvalue weighted by molar-refractivity contribution is 6.13. The number of nitrogens with one attached hydrogen (secondary N) is 1. The Hall–Kier alpha value is -3.02. The number of ether oxygens (including phenoxy) is 1. The predicted octanol–water partition coefficient (Wildman–Crippen LogP) is 2.99. The second-order valence-corrected chi connectivity index (χ2v) is 5.39. The number of carbonyl (C=O) groups excluding carboxylic acids is 3. The summed E-state index contributed by atoms with van der Waals surface area (Å²) in [5.74, 6) is -1.55. The second kappa shape index (κ2) is 6.23. The third kappa shape index (κ3) is 2.78. The first-order valence-electron chi connectivity index (χ1n) is 7.35. The van der Waals surface area contributed by atoms with Crippen molar-refractivity contribution >= 4 is 23.3 Å². The van der Waals surface area contributed by atoms with E-state index < -0.39 is 17.7 Å². The summed E-state index contributed by atoms with van der Waals surface area (Å²) in [6, 6.07) is 8.13. The zero-order valence-electron chi connectivity index (χ0n) is 12.9. The van der Waals surface area contributed by atoms with E-state index in [9.17, 15) is 18.8 Å². The van der Waals surface area contributed by atoms with Crippen LogP contribution in [0.2, 0.25) is 0 Å². The van der Waals surface area contributed by atoms with Crippen molar-refractivity contribution in [3.63, 3.8) is 0 Å². The molecule has 0 bridgehead atoms. The number of hydrogen-bond donors (Lipinski definition) is 1. The Morgan fingerprint density at radius 3 is 2.46 bits per heavy atom. The molecule has 1 aliphatic carbocycles. The number of halogens is 1. The molecule has 1 N–H and O–H groups in total. The molecule has 6 heteroatoms. The lowest BCUT2D eigenvalue weighted by Crippen LogP contribution is -2.15. The quantitative estimate of drug-likeness (QED) is 0.880. The Morgan fingerprint density at radius 1 is 1.08 bits per heavy atom. The molecule has 122 valence electrons. The molecule has 0 heterocycles. The van der Waals surface area contributed by atoms with Crippen LogP contribution < -0.4 is 5.32 Å². The third-order valence-corrected chi connectivity index (χ3v) is 3.95. The highest BCUT2D eigenvalue weighted by atomic mass is 19.1. The van der Waals surface area contributed by atoms with E-state index in [0.29, 0.717) is 28.8 Å². The van der Waals surface area contributed by atoms with Crippen molar-refractivity contribution in [1.82, 2.24) is 0 Å².